The van der Waals surface area contributed by atoms with Crippen LogP contribution in [-0.2, 0) is 11.3 Å². The van der Waals surface area contributed by atoms with Gasteiger partial charge < -0.3 is 19.4 Å². The summed E-state index contributed by atoms with van der Waals surface area (Å²) in [6.45, 7) is 2.47. The van der Waals surface area contributed by atoms with Gasteiger partial charge in [-0.2, -0.15) is 0 Å². The SMILES string of the molecule is Cc1ccc2c(c1)N(CCC(=O)NCc1ccco1)C(=O)c1cccnc1O2. The van der Waals surface area contributed by atoms with Crippen molar-refractivity contribution < 1.29 is 18.7 Å². The maximum absolute atomic E-state index is 13.1. The van der Waals surface area contributed by atoms with Crippen molar-refractivity contribution in [3.63, 3.8) is 0 Å². The molecule has 1 aliphatic rings. The van der Waals surface area contributed by atoms with Crippen molar-refractivity contribution in [3.8, 4) is 11.6 Å². The van der Waals surface area contributed by atoms with Crippen LogP contribution in [0.5, 0.6) is 11.6 Å². The van der Waals surface area contributed by atoms with Gasteiger partial charge in [0.1, 0.15) is 11.3 Å². The summed E-state index contributed by atoms with van der Waals surface area (Å²) in [4.78, 5) is 31.1. The third-order valence-electron chi connectivity index (χ3n) is 4.46. The summed E-state index contributed by atoms with van der Waals surface area (Å²) >= 11 is 0. The standard InChI is InChI=1S/C21H19N3O4/c1-14-6-7-18-17(12-14)24(21(26)16-5-2-9-22-20(16)28-18)10-8-19(25)23-13-15-4-3-11-27-15/h2-7,9,11-12H,8,10,13H2,1H3,(H,23,25). The lowest BCUT2D eigenvalue weighted by atomic mass is 10.1. The maximum atomic E-state index is 13.1. The second-order valence-electron chi connectivity index (χ2n) is 6.49. The summed E-state index contributed by atoms with van der Waals surface area (Å²) in [6.07, 6.45) is 3.29. The molecular weight excluding hydrogens is 358 g/mol. The van der Waals surface area contributed by atoms with Gasteiger partial charge in [0, 0.05) is 19.2 Å². The largest absolute Gasteiger partial charge is 0.467 e. The molecule has 7 nitrogen and oxygen atoms in total. The van der Waals surface area contributed by atoms with Crippen LogP contribution in [-0.4, -0.2) is 23.3 Å². The van der Waals surface area contributed by atoms with Crippen LogP contribution in [0.3, 0.4) is 0 Å². The summed E-state index contributed by atoms with van der Waals surface area (Å²) in [6, 6.07) is 12.5. The molecule has 2 aromatic heterocycles. The van der Waals surface area contributed by atoms with E-state index < -0.39 is 0 Å². The molecule has 3 aromatic rings. The predicted molar refractivity (Wildman–Crippen MR) is 102 cm³/mol. The molecule has 0 saturated heterocycles. The molecule has 3 heterocycles. The molecular formula is C21H19N3O4. The monoisotopic (exact) mass is 377 g/mol. The van der Waals surface area contributed by atoms with Gasteiger partial charge in [-0.05, 0) is 48.9 Å². The molecule has 7 heteroatoms. The zero-order chi connectivity index (χ0) is 19.5. The number of amides is 2. The first-order valence-electron chi connectivity index (χ1n) is 8.96. The fourth-order valence-electron chi connectivity index (χ4n) is 3.04. The second kappa shape index (κ2) is 7.56. The number of fused-ring (bicyclic) bond motifs is 2. The van der Waals surface area contributed by atoms with Crippen LogP contribution in [0.4, 0.5) is 5.69 Å². The Kier molecular flexibility index (Phi) is 4.80. The highest BCUT2D eigenvalue weighted by Crippen LogP contribution is 2.38. The van der Waals surface area contributed by atoms with Crippen LogP contribution in [0.2, 0.25) is 0 Å². The van der Waals surface area contributed by atoms with Gasteiger partial charge in [-0.25, -0.2) is 4.98 Å². The smallest absolute Gasteiger partial charge is 0.263 e. The molecule has 0 spiro atoms. The van der Waals surface area contributed by atoms with Crippen molar-refractivity contribution >= 4 is 17.5 Å². The molecule has 0 bridgehead atoms. The summed E-state index contributed by atoms with van der Waals surface area (Å²) in [7, 11) is 0. The van der Waals surface area contributed by atoms with E-state index in [1.807, 2.05) is 25.1 Å². The first-order valence-corrected chi connectivity index (χ1v) is 8.96. The highest BCUT2D eigenvalue weighted by atomic mass is 16.5. The van der Waals surface area contributed by atoms with Crippen LogP contribution >= 0.6 is 0 Å². The Morgan fingerprint density at radius 3 is 2.93 bits per heavy atom. The Bertz CT molecular complexity index is 1010. The van der Waals surface area contributed by atoms with E-state index in [1.54, 1.807) is 41.6 Å². The summed E-state index contributed by atoms with van der Waals surface area (Å²) in [5, 5.41) is 2.80. The summed E-state index contributed by atoms with van der Waals surface area (Å²) in [5.74, 6) is 1.06. The van der Waals surface area contributed by atoms with Crippen molar-refractivity contribution in [3.05, 3.63) is 71.8 Å². The summed E-state index contributed by atoms with van der Waals surface area (Å²) < 4.78 is 11.1. The fraction of sp³-hybridized carbons (Fsp3) is 0.190. The van der Waals surface area contributed by atoms with E-state index >= 15 is 0 Å². The molecule has 0 unspecified atom stereocenters. The van der Waals surface area contributed by atoms with Crippen LogP contribution < -0.4 is 15.0 Å². The molecule has 1 N–H and O–H groups in total. The van der Waals surface area contributed by atoms with E-state index in [1.165, 1.54) is 0 Å². The van der Waals surface area contributed by atoms with Crippen LogP contribution in [0.15, 0.2) is 59.3 Å². The van der Waals surface area contributed by atoms with Gasteiger partial charge in [0.2, 0.25) is 11.8 Å². The second-order valence-corrected chi connectivity index (χ2v) is 6.49. The topological polar surface area (TPSA) is 84.7 Å². The highest BCUT2D eigenvalue weighted by Gasteiger charge is 2.29. The molecule has 142 valence electrons. The lowest BCUT2D eigenvalue weighted by molar-refractivity contribution is -0.121. The number of aryl methyl sites for hydroxylation is 1. The molecule has 0 fully saturated rings. The third kappa shape index (κ3) is 3.59. The molecule has 28 heavy (non-hydrogen) atoms. The Morgan fingerprint density at radius 2 is 2.11 bits per heavy atom. The average molecular weight is 377 g/mol. The first kappa shape index (κ1) is 17.8. The number of anilines is 1. The molecule has 0 saturated carbocycles. The number of benzene rings is 1. The Balaban J connectivity index is 1.55. The maximum Gasteiger partial charge on any atom is 0.263 e. The van der Waals surface area contributed by atoms with Crippen molar-refractivity contribution in [2.24, 2.45) is 0 Å². The van der Waals surface area contributed by atoms with Crippen molar-refractivity contribution in [2.75, 3.05) is 11.4 Å². The van der Waals surface area contributed by atoms with Crippen LogP contribution in [0.25, 0.3) is 0 Å². The fourth-order valence-corrected chi connectivity index (χ4v) is 3.04. The predicted octanol–water partition coefficient (Wildman–Crippen LogP) is 3.44. The van der Waals surface area contributed by atoms with Crippen molar-refractivity contribution in [1.29, 1.82) is 0 Å². The van der Waals surface area contributed by atoms with Gasteiger partial charge in [-0.1, -0.05) is 6.07 Å². The number of ether oxygens (including phenoxy) is 1. The number of hydrogen-bond donors (Lipinski definition) is 1. The van der Waals surface area contributed by atoms with Crippen molar-refractivity contribution in [2.45, 2.75) is 19.9 Å². The number of carbonyl (C=O) groups excluding carboxylic acids is 2. The third-order valence-corrected chi connectivity index (χ3v) is 4.46. The Hall–Kier alpha value is -3.61. The minimum Gasteiger partial charge on any atom is -0.467 e. The zero-order valence-electron chi connectivity index (χ0n) is 15.3. The molecule has 0 aliphatic carbocycles. The lowest BCUT2D eigenvalue weighted by Gasteiger charge is -2.22. The quantitative estimate of drug-likeness (QED) is 0.736. The minimum absolute atomic E-state index is 0.148. The molecule has 0 atom stereocenters. The average Bonchev–Trinajstić information content (AvgIpc) is 3.18. The summed E-state index contributed by atoms with van der Waals surface area (Å²) in [5.41, 5.74) is 1.98. The van der Waals surface area contributed by atoms with Crippen molar-refractivity contribution in [1.82, 2.24) is 10.3 Å². The lowest BCUT2D eigenvalue weighted by Crippen LogP contribution is -2.34. The van der Waals surface area contributed by atoms with E-state index in [-0.39, 0.29) is 30.7 Å². The van der Waals surface area contributed by atoms with E-state index in [4.69, 9.17) is 9.15 Å². The van der Waals surface area contributed by atoms with Gasteiger partial charge in [-0.3, -0.25) is 9.59 Å². The van der Waals surface area contributed by atoms with Gasteiger partial charge in [-0.15, -0.1) is 0 Å². The number of aromatic nitrogens is 1. The number of nitrogens with one attached hydrogen (secondary N) is 1. The number of rotatable bonds is 5. The van der Waals surface area contributed by atoms with Gasteiger partial charge in [0.25, 0.3) is 5.91 Å². The minimum atomic E-state index is -0.244. The van der Waals surface area contributed by atoms with E-state index in [2.05, 4.69) is 10.3 Å². The van der Waals surface area contributed by atoms with Gasteiger partial charge >= 0.3 is 0 Å². The van der Waals surface area contributed by atoms with E-state index in [0.717, 1.165) is 5.56 Å². The van der Waals surface area contributed by atoms with Crippen LogP contribution in [0.1, 0.15) is 28.1 Å². The Morgan fingerprint density at radius 1 is 1.21 bits per heavy atom. The number of carbonyl (C=O) groups is 2. The van der Waals surface area contributed by atoms with Crippen LogP contribution in [0, 0.1) is 6.92 Å². The molecule has 4 rings (SSSR count). The van der Waals surface area contributed by atoms with Gasteiger partial charge in [0.05, 0.1) is 18.5 Å². The molecule has 2 amide bonds. The first-order chi connectivity index (χ1) is 13.6. The molecule has 0 radical (unpaired) electrons. The highest BCUT2D eigenvalue weighted by molar-refractivity contribution is 6.09. The van der Waals surface area contributed by atoms with Gasteiger partial charge in [0.15, 0.2) is 5.75 Å². The molecule has 1 aliphatic heterocycles. The van der Waals surface area contributed by atoms with E-state index in [9.17, 15) is 9.59 Å². The zero-order valence-corrected chi connectivity index (χ0v) is 15.3. The molecule has 1 aromatic carbocycles. The number of hydrogen-bond acceptors (Lipinski definition) is 5. The normalized spacial score (nSPS) is 12.6. The van der Waals surface area contributed by atoms with E-state index in [0.29, 0.717) is 29.3 Å². The number of nitrogens with zero attached hydrogens (tertiary/aromatic N) is 2. The Labute approximate surface area is 161 Å². The number of furan rings is 1. The number of pyridine rings is 1.